The number of primary amides is 1. The summed E-state index contributed by atoms with van der Waals surface area (Å²) in [5.74, 6) is -0.798. The summed E-state index contributed by atoms with van der Waals surface area (Å²) >= 11 is 0. The van der Waals surface area contributed by atoms with Crippen LogP contribution in [0.4, 0.5) is 5.69 Å². The number of sulfonamides is 1. The predicted molar refractivity (Wildman–Crippen MR) is 106 cm³/mol. The van der Waals surface area contributed by atoms with Crippen molar-refractivity contribution in [2.24, 2.45) is 11.7 Å². The summed E-state index contributed by atoms with van der Waals surface area (Å²) in [4.78, 5) is 26.2. The quantitative estimate of drug-likeness (QED) is 0.790. The minimum atomic E-state index is -3.66. The minimum absolute atomic E-state index is 0.223. The highest BCUT2D eigenvalue weighted by Crippen LogP contribution is 2.29. The lowest BCUT2D eigenvalue weighted by molar-refractivity contribution is -0.135. The van der Waals surface area contributed by atoms with Crippen LogP contribution in [0, 0.1) is 19.8 Å². The highest BCUT2D eigenvalue weighted by molar-refractivity contribution is 7.92. The zero-order valence-electron chi connectivity index (χ0n) is 16.4. The molecule has 8 heteroatoms. The first-order chi connectivity index (χ1) is 12.6. The largest absolute Gasteiger partial charge is 0.369 e. The Balaban J connectivity index is 2.35. The summed E-state index contributed by atoms with van der Waals surface area (Å²) in [5.41, 5.74) is 7.61. The van der Waals surface area contributed by atoms with E-state index in [2.05, 4.69) is 0 Å². The number of anilines is 1. The second-order valence-corrected chi connectivity index (χ2v) is 9.13. The van der Waals surface area contributed by atoms with E-state index in [0.29, 0.717) is 38.0 Å². The van der Waals surface area contributed by atoms with Crippen LogP contribution in [-0.2, 0) is 19.6 Å². The van der Waals surface area contributed by atoms with Crippen LogP contribution >= 0.6 is 0 Å². The van der Waals surface area contributed by atoms with E-state index in [1.807, 2.05) is 32.9 Å². The van der Waals surface area contributed by atoms with Gasteiger partial charge in [0.15, 0.2) is 0 Å². The Bertz CT molecular complexity index is 814. The topological polar surface area (TPSA) is 101 Å². The molecule has 1 atom stereocenters. The lowest BCUT2D eigenvalue weighted by Crippen LogP contribution is -2.53. The molecular weight excluding hydrogens is 366 g/mol. The second kappa shape index (κ2) is 8.29. The van der Waals surface area contributed by atoms with E-state index < -0.39 is 16.1 Å². The molecule has 150 valence electrons. The molecule has 1 fully saturated rings. The van der Waals surface area contributed by atoms with Gasteiger partial charge in [0.05, 0.1) is 11.9 Å². The van der Waals surface area contributed by atoms with Crippen LogP contribution in [0.1, 0.15) is 37.3 Å². The van der Waals surface area contributed by atoms with Crippen LogP contribution in [0.25, 0.3) is 0 Å². The van der Waals surface area contributed by atoms with Crippen molar-refractivity contribution < 1.29 is 18.0 Å². The Morgan fingerprint density at radius 2 is 1.85 bits per heavy atom. The molecule has 1 aromatic carbocycles. The Morgan fingerprint density at radius 1 is 1.26 bits per heavy atom. The summed E-state index contributed by atoms with van der Waals surface area (Å²) in [6.07, 6.45) is 2.51. The highest BCUT2D eigenvalue weighted by Gasteiger charge is 2.36. The number of piperidine rings is 1. The highest BCUT2D eigenvalue weighted by atomic mass is 32.2. The molecule has 1 aromatic rings. The second-order valence-electron chi connectivity index (χ2n) is 7.27. The number of rotatable bonds is 6. The van der Waals surface area contributed by atoms with Gasteiger partial charge in [-0.05, 0) is 50.3 Å². The van der Waals surface area contributed by atoms with Gasteiger partial charge in [0, 0.05) is 19.0 Å². The molecule has 0 bridgehead atoms. The number of carbonyl (C=O) groups excluding carboxylic acids is 2. The fourth-order valence-corrected chi connectivity index (χ4v) is 4.83. The first kappa shape index (κ1) is 21.2. The maximum absolute atomic E-state index is 13.2. The number of hydrogen-bond acceptors (Lipinski definition) is 4. The van der Waals surface area contributed by atoms with E-state index in [4.69, 9.17) is 5.73 Å². The fraction of sp³-hybridized carbons (Fsp3) is 0.579. The first-order valence-corrected chi connectivity index (χ1v) is 11.1. The molecule has 7 nitrogen and oxygen atoms in total. The molecular formula is C19H29N3O4S. The minimum Gasteiger partial charge on any atom is -0.369 e. The molecule has 0 aromatic heterocycles. The zero-order valence-corrected chi connectivity index (χ0v) is 17.3. The van der Waals surface area contributed by atoms with Gasteiger partial charge in [-0.2, -0.15) is 0 Å². The van der Waals surface area contributed by atoms with Crippen LogP contribution in [0.15, 0.2) is 18.2 Å². The van der Waals surface area contributed by atoms with E-state index in [1.54, 1.807) is 11.0 Å². The van der Waals surface area contributed by atoms with Crippen molar-refractivity contribution in [3.05, 3.63) is 29.3 Å². The van der Waals surface area contributed by atoms with Crippen molar-refractivity contribution >= 4 is 27.5 Å². The monoisotopic (exact) mass is 395 g/mol. The summed E-state index contributed by atoms with van der Waals surface area (Å²) in [7, 11) is -3.66. The molecule has 0 radical (unpaired) electrons. The Hall–Kier alpha value is -2.09. The molecule has 0 spiro atoms. The normalized spacial score (nSPS) is 16.8. The fourth-order valence-electron chi connectivity index (χ4n) is 3.57. The van der Waals surface area contributed by atoms with Crippen LogP contribution in [0.3, 0.4) is 0 Å². The molecule has 1 saturated heterocycles. The van der Waals surface area contributed by atoms with Crippen molar-refractivity contribution in [2.75, 3.05) is 23.7 Å². The Labute approximate surface area is 161 Å². The van der Waals surface area contributed by atoms with E-state index in [9.17, 15) is 18.0 Å². The lowest BCUT2D eigenvalue weighted by Gasteiger charge is -2.37. The van der Waals surface area contributed by atoms with Crippen LogP contribution in [-0.4, -0.2) is 50.5 Å². The number of amides is 2. The molecule has 2 amide bonds. The number of carbonyl (C=O) groups is 2. The summed E-state index contributed by atoms with van der Waals surface area (Å²) in [6.45, 7) is 6.35. The third-order valence-electron chi connectivity index (χ3n) is 5.12. The average molecular weight is 396 g/mol. The van der Waals surface area contributed by atoms with E-state index >= 15 is 0 Å². The number of nitrogens with zero attached hydrogens (tertiary/aromatic N) is 2. The SMILES string of the molecule is CCC(C(=O)N1CCC(C(N)=O)CC1)N(c1cc(C)ccc1C)S(C)(=O)=O. The van der Waals surface area contributed by atoms with E-state index in [0.717, 1.165) is 17.4 Å². The average Bonchev–Trinajstić information content (AvgIpc) is 2.60. The van der Waals surface area contributed by atoms with Gasteiger partial charge in [-0.3, -0.25) is 13.9 Å². The maximum atomic E-state index is 13.2. The van der Waals surface area contributed by atoms with Gasteiger partial charge < -0.3 is 10.6 Å². The van der Waals surface area contributed by atoms with Crippen LogP contribution < -0.4 is 10.0 Å². The third-order valence-corrected chi connectivity index (χ3v) is 6.29. The predicted octanol–water partition coefficient (Wildman–Crippen LogP) is 1.57. The molecule has 2 rings (SSSR count). The lowest BCUT2D eigenvalue weighted by atomic mass is 9.95. The van der Waals surface area contributed by atoms with Gasteiger partial charge in [0.1, 0.15) is 6.04 Å². The van der Waals surface area contributed by atoms with Gasteiger partial charge in [-0.1, -0.05) is 19.1 Å². The molecule has 0 aliphatic carbocycles. The van der Waals surface area contributed by atoms with Gasteiger partial charge in [0.2, 0.25) is 21.8 Å². The summed E-state index contributed by atoms with van der Waals surface area (Å²) in [5, 5.41) is 0. The Kier molecular flexibility index (Phi) is 6.51. The molecule has 2 N–H and O–H groups in total. The van der Waals surface area contributed by atoms with Gasteiger partial charge in [0.25, 0.3) is 0 Å². The molecule has 1 heterocycles. The zero-order chi connectivity index (χ0) is 20.4. The molecule has 1 aliphatic heterocycles. The van der Waals surface area contributed by atoms with Crippen molar-refractivity contribution in [3.8, 4) is 0 Å². The van der Waals surface area contributed by atoms with Gasteiger partial charge in [-0.15, -0.1) is 0 Å². The number of nitrogens with two attached hydrogens (primary N) is 1. The molecule has 0 saturated carbocycles. The standard InChI is InChI=1S/C19H29N3O4S/c1-5-16(19(24)21-10-8-15(9-11-21)18(20)23)22(27(4,25)26)17-12-13(2)6-7-14(17)3/h6-7,12,15-16H,5,8-11H2,1-4H3,(H2,20,23). The number of hydrogen-bond donors (Lipinski definition) is 1. The van der Waals surface area contributed by atoms with Crippen LogP contribution in [0.2, 0.25) is 0 Å². The number of likely N-dealkylation sites (tertiary alicyclic amines) is 1. The number of benzene rings is 1. The van der Waals surface area contributed by atoms with Crippen molar-refractivity contribution in [1.82, 2.24) is 4.90 Å². The number of aryl methyl sites for hydroxylation is 2. The first-order valence-electron chi connectivity index (χ1n) is 9.21. The van der Waals surface area contributed by atoms with E-state index in [-0.39, 0.29) is 17.7 Å². The maximum Gasteiger partial charge on any atom is 0.246 e. The van der Waals surface area contributed by atoms with Gasteiger partial charge in [-0.25, -0.2) is 8.42 Å². The third kappa shape index (κ3) is 4.80. The molecule has 27 heavy (non-hydrogen) atoms. The summed E-state index contributed by atoms with van der Waals surface area (Å²) in [6, 6.07) is 4.76. The Morgan fingerprint density at radius 3 is 2.33 bits per heavy atom. The van der Waals surface area contributed by atoms with Crippen molar-refractivity contribution in [3.63, 3.8) is 0 Å². The van der Waals surface area contributed by atoms with Crippen LogP contribution in [0.5, 0.6) is 0 Å². The van der Waals surface area contributed by atoms with E-state index in [1.165, 1.54) is 4.31 Å². The molecule has 1 aliphatic rings. The van der Waals surface area contributed by atoms with Crippen molar-refractivity contribution in [1.29, 1.82) is 0 Å². The van der Waals surface area contributed by atoms with Gasteiger partial charge >= 0.3 is 0 Å². The smallest absolute Gasteiger partial charge is 0.246 e. The van der Waals surface area contributed by atoms with Crippen molar-refractivity contribution in [2.45, 2.75) is 46.1 Å². The molecule has 1 unspecified atom stereocenters. The summed E-state index contributed by atoms with van der Waals surface area (Å²) < 4.78 is 26.5.